The van der Waals surface area contributed by atoms with Crippen LogP contribution in [0, 0.1) is 0 Å². The fourth-order valence-electron chi connectivity index (χ4n) is 3.38. The molecule has 0 amide bonds. The summed E-state index contributed by atoms with van der Waals surface area (Å²) in [6.07, 6.45) is 4.33. The van der Waals surface area contributed by atoms with Gasteiger partial charge < -0.3 is 14.4 Å². The highest BCUT2D eigenvalue weighted by Gasteiger charge is 2.18. The van der Waals surface area contributed by atoms with Gasteiger partial charge in [0.2, 0.25) is 0 Å². The lowest BCUT2D eigenvalue weighted by atomic mass is 10.1. The number of aldehydes is 1. The second-order valence-electron chi connectivity index (χ2n) is 6.14. The van der Waals surface area contributed by atoms with Crippen molar-refractivity contribution in [3.8, 4) is 5.75 Å². The number of carbonyl (C=O) groups excluding carboxylic acids is 1. The molecule has 0 aliphatic heterocycles. The molecule has 6 heteroatoms. The fraction of sp³-hybridized carbons (Fsp3) is 0.0952. The molecule has 2 heterocycles. The number of aromatic nitrogens is 2. The van der Waals surface area contributed by atoms with Gasteiger partial charge >= 0.3 is 5.97 Å². The van der Waals surface area contributed by atoms with Crippen molar-refractivity contribution >= 4 is 34.1 Å². The van der Waals surface area contributed by atoms with Crippen molar-refractivity contribution in [3.05, 3.63) is 72.1 Å². The highest BCUT2D eigenvalue weighted by molar-refractivity contribution is 6.17. The topological polar surface area (TPSA) is 81.4 Å². The summed E-state index contributed by atoms with van der Waals surface area (Å²) in [4.78, 5) is 26.8. The smallest absolute Gasteiger partial charge is 0.341 e. The van der Waals surface area contributed by atoms with Gasteiger partial charge in [0.25, 0.3) is 0 Å². The Kier molecular flexibility index (Phi) is 4.30. The number of carboxylic acid groups (broad SMARTS) is 1. The third-order valence-electron chi connectivity index (χ3n) is 4.45. The van der Waals surface area contributed by atoms with Gasteiger partial charge in [-0.2, -0.15) is 0 Å². The summed E-state index contributed by atoms with van der Waals surface area (Å²) in [7, 11) is 0. The van der Waals surface area contributed by atoms with E-state index in [1.807, 2.05) is 36.4 Å². The zero-order chi connectivity index (χ0) is 18.8. The molecular weight excluding hydrogens is 344 g/mol. The molecule has 0 atom stereocenters. The van der Waals surface area contributed by atoms with Gasteiger partial charge in [-0.25, -0.2) is 4.79 Å². The van der Waals surface area contributed by atoms with Crippen molar-refractivity contribution < 1.29 is 19.4 Å². The largest absolute Gasteiger partial charge is 0.481 e. The van der Waals surface area contributed by atoms with Crippen LogP contribution < -0.4 is 4.74 Å². The molecular formula is C21H16N2O4. The lowest BCUT2D eigenvalue weighted by molar-refractivity contribution is -0.139. The second kappa shape index (κ2) is 6.92. The number of hydrogen-bond acceptors (Lipinski definition) is 4. The molecule has 0 aliphatic carbocycles. The van der Waals surface area contributed by atoms with Crippen LogP contribution in [0.1, 0.15) is 15.9 Å². The maximum absolute atomic E-state index is 11.7. The Morgan fingerprint density at radius 1 is 1.07 bits per heavy atom. The van der Waals surface area contributed by atoms with E-state index in [4.69, 9.17) is 9.84 Å². The van der Waals surface area contributed by atoms with Gasteiger partial charge in [-0.05, 0) is 29.8 Å². The number of aliphatic carboxylic acids is 1. The minimum atomic E-state index is -1.05. The quantitative estimate of drug-likeness (QED) is 0.532. The summed E-state index contributed by atoms with van der Waals surface area (Å²) in [5, 5.41) is 10.5. The molecule has 0 radical (unpaired) electrons. The van der Waals surface area contributed by atoms with E-state index in [0.717, 1.165) is 33.7 Å². The number of ether oxygens (including phenoxy) is 1. The van der Waals surface area contributed by atoms with Crippen molar-refractivity contribution in [2.45, 2.75) is 6.54 Å². The van der Waals surface area contributed by atoms with Crippen LogP contribution in [0.5, 0.6) is 5.75 Å². The summed E-state index contributed by atoms with van der Waals surface area (Å²) in [5.41, 5.74) is 3.30. The summed E-state index contributed by atoms with van der Waals surface area (Å²) < 4.78 is 7.60. The molecule has 0 spiro atoms. The highest BCUT2D eigenvalue weighted by atomic mass is 16.5. The minimum Gasteiger partial charge on any atom is -0.481 e. The molecule has 4 rings (SSSR count). The van der Waals surface area contributed by atoms with Crippen LogP contribution in [0.3, 0.4) is 0 Å². The molecule has 6 nitrogen and oxygen atoms in total. The molecule has 0 saturated heterocycles. The predicted molar refractivity (Wildman–Crippen MR) is 101 cm³/mol. The first kappa shape index (κ1) is 16.8. The van der Waals surface area contributed by atoms with E-state index in [1.54, 1.807) is 24.5 Å². The zero-order valence-electron chi connectivity index (χ0n) is 14.3. The van der Waals surface area contributed by atoms with Gasteiger partial charge in [0.05, 0.1) is 16.4 Å². The molecule has 0 saturated carbocycles. The van der Waals surface area contributed by atoms with Crippen LogP contribution in [0.15, 0.2) is 60.9 Å². The number of carbonyl (C=O) groups is 2. The number of nitrogens with zero attached hydrogens (tertiary/aromatic N) is 2. The van der Waals surface area contributed by atoms with E-state index in [2.05, 4.69) is 9.55 Å². The summed E-state index contributed by atoms with van der Waals surface area (Å²) in [6.45, 7) is 0.121. The average Bonchev–Trinajstić information content (AvgIpc) is 3.01. The molecule has 1 N–H and O–H groups in total. The molecule has 134 valence electrons. The second-order valence-corrected chi connectivity index (χ2v) is 6.14. The Balaban J connectivity index is 2.00. The maximum Gasteiger partial charge on any atom is 0.341 e. The molecule has 0 fully saturated rings. The van der Waals surface area contributed by atoms with Gasteiger partial charge in [-0.3, -0.25) is 9.78 Å². The van der Waals surface area contributed by atoms with Crippen LogP contribution >= 0.6 is 0 Å². The number of rotatable bonds is 6. The normalized spacial score (nSPS) is 11.0. The number of hydrogen-bond donors (Lipinski definition) is 1. The fourth-order valence-corrected chi connectivity index (χ4v) is 3.38. The highest BCUT2D eigenvalue weighted by Crippen LogP contribution is 2.37. The standard InChI is InChI=1S/C21H16N2O4/c24-12-15-5-1-6-16-20(15)21-17(7-2-8-18(21)27-13-19(25)26)23(16)11-14-4-3-9-22-10-14/h1-10,12H,11,13H2,(H,25,26). The summed E-state index contributed by atoms with van der Waals surface area (Å²) >= 11 is 0. The number of benzene rings is 2. The van der Waals surface area contributed by atoms with E-state index >= 15 is 0 Å². The molecule has 0 bridgehead atoms. The van der Waals surface area contributed by atoms with Crippen molar-refractivity contribution in [3.63, 3.8) is 0 Å². The van der Waals surface area contributed by atoms with Crippen LogP contribution in [0.2, 0.25) is 0 Å². The number of carboxylic acids is 1. The van der Waals surface area contributed by atoms with E-state index in [0.29, 0.717) is 17.9 Å². The molecule has 2 aromatic carbocycles. The van der Waals surface area contributed by atoms with Gasteiger partial charge in [-0.1, -0.05) is 24.3 Å². The van der Waals surface area contributed by atoms with Crippen LogP contribution in [0.4, 0.5) is 0 Å². The molecule has 0 aliphatic rings. The molecule has 2 aromatic heterocycles. The zero-order valence-corrected chi connectivity index (χ0v) is 14.3. The third kappa shape index (κ3) is 3.01. The SMILES string of the molecule is O=Cc1cccc2c1c1c(OCC(=O)O)cccc1n2Cc1cccnc1. The van der Waals surface area contributed by atoms with E-state index in [9.17, 15) is 9.59 Å². The average molecular weight is 360 g/mol. The third-order valence-corrected chi connectivity index (χ3v) is 4.45. The van der Waals surface area contributed by atoms with Crippen LogP contribution in [0.25, 0.3) is 21.8 Å². The Bertz CT molecular complexity index is 1150. The predicted octanol–water partition coefficient (Wildman–Crippen LogP) is 3.51. The first-order valence-electron chi connectivity index (χ1n) is 8.41. The minimum absolute atomic E-state index is 0.444. The molecule has 0 unspecified atom stereocenters. The number of pyridine rings is 1. The Hall–Kier alpha value is -3.67. The molecule has 27 heavy (non-hydrogen) atoms. The summed E-state index contributed by atoms with van der Waals surface area (Å²) in [6, 6.07) is 14.9. The van der Waals surface area contributed by atoms with Crippen molar-refractivity contribution in [1.29, 1.82) is 0 Å². The first-order chi connectivity index (χ1) is 13.2. The van der Waals surface area contributed by atoms with Crippen molar-refractivity contribution in [2.75, 3.05) is 6.61 Å². The maximum atomic E-state index is 11.7. The lowest BCUT2D eigenvalue weighted by Crippen LogP contribution is -2.09. The van der Waals surface area contributed by atoms with Gasteiger partial charge in [0.15, 0.2) is 12.9 Å². The van der Waals surface area contributed by atoms with Crippen LogP contribution in [-0.4, -0.2) is 33.5 Å². The Morgan fingerprint density at radius 2 is 1.85 bits per heavy atom. The van der Waals surface area contributed by atoms with Crippen molar-refractivity contribution in [1.82, 2.24) is 9.55 Å². The van der Waals surface area contributed by atoms with Crippen molar-refractivity contribution in [2.24, 2.45) is 0 Å². The van der Waals surface area contributed by atoms with E-state index in [1.165, 1.54) is 0 Å². The molecule has 4 aromatic rings. The van der Waals surface area contributed by atoms with E-state index < -0.39 is 12.6 Å². The monoisotopic (exact) mass is 360 g/mol. The van der Waals surface area contributed by atoms with Gasteiger partial charge in [-0.15, -0.1) is 0 Å². The summed E-state index contributed by atoms with van der Waals surface area (Å²) in [5.74, 6) is -0.610. The van der Waals surface area contributed by atoms with Crippen LogP contribution in [-0.2, 0) is 11.3 Å². The van der Waals surface area contributed by atoms with E-state index in [-0.39, 0.29) is 0 Å². The first-order valence-corrected chi connectivity index (χ1v) is 8.41. The Labute approximate surface area is 154 Å². The van der Waals surface area contributed by atoms with Gasteiger partial charge in [0.1, 0.15) is 5.75 Å². The Morgan fingerprint density at radius 3 is 2.56 bits per heavy atom. The number of fused-ring (bicyclic) bond motifs is 3. The van der Waals surface area contributed by atoms with Gasteiger partial charge in [0, 0.05) is 29.9 Å². The lowest BCUT2D eigenvalue weighted by Gasteiger charge is -2.08.